The summed E-state index contributed by atoms with van der Waals surface area (Å²) in [4.78, 5) is 49.9. The molecule has 5 aromatic rings. The van der Waals surface area contributed by atoms with Gasteiger partial charge in [0.05, 0.1) is 22.5 Å². The molecule has 0 aliphatic rings. The third kappa shape index (κ3) is 6.08. The first-order valence-electron chi connectivity index (χ1n) is 12.7. The van der Waals surface area contributed by atoms with Crippen molar-refractivity contribution in [1.82, 2.24) is 19.4 Å². The van der Waals surface area contributed by atoms with E-state index in [0.717, 1.165) is 21.6 Å². The molecule has 0 unspecified atom stereocenters. The fourth-order valence-corrected chi connectivity index (χ4v) is 5.08. The van der Waals surface area contributed by atoms with Gasteiger partial charge >= 0.3 is 0 Å². The van der Waals surface area contributed by atoms with Crippen LogP contribution in [0.1, 0.15) is 26.5 Å². The Bertz CT molecular complexity index is 1660. The minimum atomic E-state index is -0.289. The van der Waals surface area contributed by atoms with Gasteiger partial charge in [0.1, 0.15) is 0 Å². The van der Waals surface area contributed by atoms with Crippen LogP contribution in [0.5, 0.6) is 0 Å². The predicted molar refractivity (Wildman–Crippen MR) is 158 cm³/mol. The number of amides is 2. The smallest absolute Gasteiger partial charge is 0.268 e. The van der Waals surface area contributed by atoms with Crippen molar-refractivity contribution in [1.29, 1.82) is 0 Å². The van der Waals surface area contributed by atoms with Crippen LogP contribution in [-0.2, 0) is 11.3 Å². The number of carbonyl (C=O) groups is 3. The highest BCUT2D eigenvalue weighted by Crippen LogP contribution is 2.29. The lowest BCUT2D eigenvalue weighted by Crippen LogP contribution is -2.23. The van der Waals surface area contributed by atoms with Crippen LogP contribution in [0, 0.1) is 0 Å². The normalized spacial score (nSPS) is 10.8. The van der Waals surface area contributed by atoms with Crippen LogP contribution in [0.15, 0.2) is 85.2 Å². The highest BCUT2D eigenvalue weighted by Gasteiger charge is 2.18. The molecule has 0 fully saturated rings. The van der Waals surface area contributed by atoms with E-state index in [1.807, 2.05) is 59.2 Å². The van der Waals surface area contributed by atoms with Crippen LogP contribution in [0.4, 0.5) is 11.6 Å². The van der Waals surface area contributed by atoms with Gasteiger partial charge in [0.15, 0.2) is 5.78 Å². The highest BCUT2D eigenvalue weighted by atomic mass is 32.1. The van der Waals surface area contributed by atoms with Crippen LogP contribution in [0.2, 0.25) is 0 Å². The molecule has 0 saturated heterocycles. The molecule has 0 atom stereocenters. The van der Waals surface area contributed by atoms with Crippen molar-refractivity contribution >= 4 is 51.6 Å². The average molecular weight is 553 g/mol. The standard InChI is InChI=1S/C30H28N6O3S/c1-35(2)28(38)14-16-36-24-11-10-22(32-19-25(37)20-7-4-3-5-8-20)17-23(24)33-30(36)34-29(39)27-13-12-26(40-27)21-9-6-15-31-18-21/h3-13,15,17-18,32H,14,16,19H2,1-2H3,(H,33,34,39). The molecule has 202 valence electrons. The van der Waals surface area contributed by atoms with Gasteiger partial charge in [0, 0.05) is 61.1 Å². The minimum absolute atomic E-state index is 0.0250. The lowest BCUT2D eigenvalue weighted by atomic mass is 10.1. The Balaban J connectivity index is 1.38. The maximum absolute atomic E-state index is 13.2. The molecule has 0 aliphatic carbocycles. The SMILES string of the molecule is CN(C)C(=O)CCn1c(NC(=O)c2ccc(-c3cccnc3)s2)nc2cc(NCC(=O)c3ccccc3)ccc21. The van der Waals surface area contributed by atoms with Gasteiger partial charge in [0.25, 0.3) is 5.91 Å². The number of thiophene rings is 1. The van der Waals surface area contributed by atoms with Gasteiger partial charge in [-0.1, -0.05) is 36.4 Å². The van der Waals surface area contributed by atoms with Crippen molar-refractivity contribution in [2.24, 2.45) is 0 Å². The number of fused-ring (bicyclic) bond motifs is 1. The number of benzene rings is 2. The summed E-state index contributed by atoms with van der Waals surface area (Å²) in [7, 11) is 3.42. The number of carbonyl (C=O) groups excluding carboxylic acids is 3. The fourth-order valence-electron chi connectivity index (χ4n) is 4.19. The summed E-state index contributed by atoms with van der Waals surface area (Å²) >= 11 is 1.37. The molecule has 0 radical (unpaired) electrons. The predicted octanol–water partition coefficient (Wildman–Crippen LogP) is 5.19. The molecule has 9 nitrogen and oxygen atoms in total. The molecule has 3 heterocycles. The van der Waals surface area contributed by atoms with Gasteiger partial charge in [-0.15, -0.1) is 11.3 Å². The van der Waals surface area contributed by atoms with E-state index < -0.39 is 0 Å². The molecule has 5 rings (SSSR count). The second kappa shape index (κ2) is 11.9. The van der Waals surface area contributed by atoms with E-state index in [2.05, 4.69) is 20.6 Å². The number of imidazole rings is 1. The second-order valence-electron chi connectivity index (χ2n) is 9.33. The number of aromatic nitrogens is 3. The van der Waals surface area contributed by atoms with Gasteiger partial charge < -0.3 is 14.8 Å². The summed E-state index contributed by atoms with van der Waals surface area (Å²) < 4.78 is 1.84. The number of hydrogen-bond acceptors (Lipinski definition) is 7. The summed E-state index contributed by atoms with van der Waals surface area (Å²) in [6.07, 6.45) is 3.71. The number of anilines is 2. The number of hydrogen-bond donors (Lipinski definition) is 2. The van der Waals surface area contributed by atoms with E-state index in [1.54, 1.807) is 44.7 Å². The molecule has 2 N–H and O–H groups in total. The van der Waals surface area contributed by atoms with Crippen LogP contribution >= 0.6 is 11.3 Å². The molecular formula is C30H28N6O3S. The molecule has 0 aliphatic heterocycles. The summed E-state index contributed by atoms with van der Waals surface area (Å²) in [5.74, 6) is 0.00187. The van der Waals surface area contributed by atoms with E-state index in [-0.39, 0.29) is 30.6 Å². The maximum Gasteiger partial charge on any atom is 0.268 e. The summed E-state index contributed by atoms with van der Waals surface area (Å²) in [5, 5.41) is 6.10. The Kier molecular flexibility index (Phi) is 7.97. The van der Waals surface area contributed by atoms with Crippen molar-refractivity contribution in [3.8, 4) is 10.4 Å². The number of rotatable bonds is 10. The maximum atomic E-state index is 13.2. The zero-order valence-electron chi connectivity index (χ0n) is 22.1. The van der Waals surface area contributed by atoms with Gasteiger partial charge in [0.2, 0.25) is 11.9 Å². The largest absolute Gasteiger partial charge is 0.378 e. The Hall–Kier alpha value is -4.83. The molecule has 10 heteroatoms. The minimum Gasteiger partial charge on any atom is -0.378 e. The van der Waals surface area contributed by atoms with Crippen molar-refractivity contribution < 1.29 is 14.4 Å². The number of nitrogens with one attached hydrogen (secondary N) is 2. The van der Waals surface area contributed by atoms with Crippen LogP contribution < -0.4 is 10.6 Å². The number of ketones is 1. The first-order valence-corrected chi connectivity index (χ1v) is 13.5. The molecule has 3 aromatic heterocycles. The van der Waals surface area contributed by atoms with Crippen LogP contribution in [-0.4, -0.2) is 57.7 Å². The van der Waals surface area contributed by atoms with E-state index in [1.165, 1.54) is 16.2 Å². The molecule has 0 bridgehead atoms. The summed E-state index contributed by atoms with van der Waals surface area (Å²) in [6, 6.07) is 22.1. The number of aryl methyl sites for hydroxylation is 1. The summed E-state index contributed by atoms with van der Waals surface area (Å²) in [6.45, 7) is 0.475. The van der Waals surface area contributed by atoms with Gasteiger partial charge in [-0.25, -0.2) is 4.98 Å². The molecular weight excluding hydrogens is 524 g/mol. The first-order chi connectivity index (χ1) is 19.4. The van der Waals surface area contributed by atoms with Crippen molar-refractivity contribution in [2.45, 2.75) is 13.0 Å². The molecule has 40 heavy (non-hydrogen) atoms. The highest BCUT2D eigenvalue weighted by molar-refractivity contribution is 7.17. The van der Waals surface area contributed by atoms with Gasteiger partial charge in [-0.05, 0) is 36.4 Å². The van der Waals surface area contributed by atoms with E-state index >= 15 is 0 Å². The quantitative estimate of drug-likeness (QED) is 0.231. The Morgan fingerprint density at radius 1 is 0.975 bits per heavy atom. The van der Waals surface area contributed by atoms with Crippen LogP contribution in [0.3, 0.4) is 0 Å². The first kappa shape index (κ1) is 26.8. The van der Waals surface area contributed by atoms with Gasteiger partial charge in [-0.2, -0.15) is 0 Å². The Morgan fingerprint density at radius 3 is 2.55 bits per heavy atom. The lowest BCUT2D eigenvalue weighted by molar-refractivity contribution is -0.128. The lowest BCUT2D eigenvalue weighted by Gasteiger charge is -2.13. The molecule has 0 spiro atoms. The molecule has 2 amide bonds. The Morgan fingerprint density at radius 2 is 1.80 bits per heavy atom. The van der Waals surface area contributed by atoms with Crippen molar-refractivity contribution in [3.05, 3.63) is 95.6 Å². The fraction of sp³-hybridized carbons (Fsp3) is 0.167. The topological polar surface area (TPSA) is 109 Å². The van der Waals surface area contributed by atoms with Crippen LogP contribution in [0.25, 0.3) is 21.5 Å². The summed E-state index contributed by atoms with van der Waals surface area (Å²) in [5.41, 5.74) is 3.70. The average Bonchev–Trinajstić information content (AvgIpc) is 3.60. The van der Waals surface area contributed by atoms with E-state index in [0.29, 0.717) is 28.5 Å². The third-order valence-electron chi connectivity index (χ3n) is 6.35. The second-order valence-corrected chi connectivity index (χ2v) is 10.4. The molecule has 0 saturated carbocycles. The third-order valence-corrected chi connectivity index (χ3v) is 7.48. The monoisotopic (exact) mass is 552 g/mol. The van der Waals surface area contributed by atoms with Crippen molar-refractivity contribution in [2.75, 3.05) is 31.3 Å². The number of pyridine rings is 1. The van der Waals surface area contributed by atoms with E-state index in [4.69, 9.17) is 0 Å². The zero-order valence-corrected chi connectivity index (χ0v) is 22.9. The van der Waals surface area contributed by atoms with E-state index in [9.17, 15) is 14.4 Å². The number of nitrogens with zero attached hydrogens (tertiary/aromatic N) is 4. The Labute approximate surface area is 235 Å². The van der Waals surface area contributed by atoms with Crippen molar-refractivity contribution in [3.63, 3.8) is 0 Å². The zero-order chi connectivity index (χ0) is 28.1. The molecule has 2 aromatic carbocycles. The van der Waals surface area contributed by atoms with Gasteiger partial charge in [-0.3, -0.25) is 24.7 Å². The number of Topliss-reactive ketones (excluding diaryl/α,β-unsaturated/α-hetero) is 1.